The minimum atomic E-state index is -4.41. The van der Waals surface area contributed by atoms with Gasteiger partial charge in [-0.25, -0.2) is 0 Å². The van der Waals surface area contributed by atoms with Crippen LogP contribution in [0, 0.1) is 13.8 Å². The number of ether oxygens (including phenoxy) is 1. The Balaban J connectivity index is 1.40. The van der Waals surface area contributed by atoms with Crippen molar-refractivity contribution in [2.45, 2.75) is 64.3 Å². The predicted octanol–water partition coefficient (Wildman–Crippen LogP) is 5.10. The van der Waals surface area contributed by atoms with Gasteiger partial charge in [0.1, 0.15) is 5.75 Å². The molecule has 8 heteroatoms. The Bertz CT molecular complexity index is 1050. The normalized spacial score (nSPS) is 20.9. The zero-order valence-electron chi connectivity index (χ0n) is 20.6. The van der Waals surface area contributed by atoms with E-state index in [1.54, 1.807) is 0 Å². The summed E-state index contributed by atoms with van der Waals surface area (Å²) in [6.07, 6.45) is -1.64. The van der Waals surface area contributed by atoms with Gasteiger partial charge in [-0.05, 0) is 93.6 Å². The standard InChI is InChI=1S/C27H34F3N3O2/c1-17-18(2)25(35-13-5-4-12-31)11-10-24(17)19(3)32-15-23-14-22(32)16-33(23)26(34)20-6-8-21(9-7-20)27(28,29)30/h6-11,19,22-23H,4-5,12-16,31H2,1-3H3/t19?,22-,23+/m1/s1. The van der Waals surface area contributed by atoms with Gasteiger partial charge in [0.15, 0.2) is 0 Å². The molecule has 3 atom stereocenters. The van der Waals surface area contributed by atoms with Crippen LogP contribution < -0.4 is 10.5 Å². The number of halogens is 3. The number of piperazine rings is 1. The topological polar surface area (TPSA) is 58.8 Å². The Morgan fingerprint density at radius 2 is 1.77 bits per heavy atom. The summed E-state index contributed by atoms with van der Waals surface area (Å²) in [6.45, 7) is 9.09. The van der Waals surface area contributed by atoms with Crippen molar-refractivity contribution in [3.8, 4) is 5.75 Å². The minimum Gasteiger partial charge on any atom is -0.493 e. The molecule has 2 aliphatic heterocycles. The number of amides is 1. The van der Waals surface area contributed by atoms with Crippen LogP contribution in [0.25, 0.3) is 0 Å². The van der Waals surface area contributed by atoms with E-state index in [1.807, 2.05) is 11.0 Å². The summed E-state index contributed by atoms with van der Waals surface area (Å²) in [7, 11) is 0. The van der Waals surface area contributed by atoms with Gasteiger partial charge in [0.25, 0.3) is 5.91 Å². The molecule has 0 saturated carbocycles. The number of carbonyl (C=O) groups excluding carboxylic acids is 1. The molecule has 190 valence electrons. The second-order valence-corrected chi connectivity index (χ2v) is 9.70. The smallest absolute Gasteiger partial charge is 0.416 e. The van der Waals surface area contributed by atoms with Crippen molar-refractivity contribution in [3.05, 3.63) is 64.2 Å². The molecule has 2 fully saturated rings. The van der Waals surface area contributed by atoms with Crippen LogP contribution in [0.5, 0.6) is 5.75 Å². The van der Waals surface area contributed by atoms with E-state index in [2.05, 4.69) is 31.7 Å². The van der Waals surface area contributed by atoms with Crippen LogP contribution in [0.2, 0.25) is 0 Å². The molecule has 2 N–H and O–H groups in total. The van der Waals surface area contributed by atoms with Gasteiger partial charge in [0, 0.05) is 36.8 Å². The lowest BCUT2D eigenvalue weighted by molar-refractivity contribution is -0.137. The molecule has 2 aromatic rings. The van der Waals surface area contributed by atoms with Crippen LogP contribution in [0.3, 0.4) is 0 Å². The number of unbranched alkanes of at least 4 members (excludes halogenated alkanes) is 1. The van der Waals surface area contributed by atoms with E-state index >= 15 is 0 Å². The maximum Gasteiger partial charge on any atom is 0.416 e. The molecule has 0 spiro atoms. The van der Waals surface area contributed by atoms with Gasteiger partial charge in [-0.3, -0.25) is 9.69 Å². The highest BCUT2D eigenvalue weighted by Gasteiger charge is 2.47. The van der Waals surface area contributed by atoms with Gasteiger partial charge < -0.3 is 15.4 Å². The third-order valence-corrected chi connectivity index (χ3v) is 7.59. The van der Waals surface area contributed by atoms with Crippen LogP contribution in [0.1, 0.15) is 64.8 Å². The molecule has 0 aliphatic carbocycles. The number of rotatable bonds is 8. The number of hydrogen-bond donors (Lipinski definition) is 1. The van der Waals surface area contributed by atoms with Crippen molar-refractivity contribution in [1.82, 2.24) is 9.80 Å². The summed E-state index contributed by atoms with van der Waals surface area (Å²) < 4.78 is 44.5. The third kappa shape index (κ3) is 5.19. The minimum absolute atomic E-state index is 0.0730. The molecule has 2 bridgehead atoms. The van der Waals surface area contributed by atoms with Crippen LogP contribution >= 0.6 is 0 Å². The van der Waals surface area contributed by atoms with Crippen LogP contribution in [0.15, 0.2) is 36.4 Å². The van der Waals surface area contributed by atoms with Crippen molar-refractivity contribution in [2.24, 2.45) is 5.73 Å². The summed E-state index contributed by atoms with van der Waals surface area (Å²) in [6, 6.07) is 9.21. The lowest BCUT2D eigenvalue weighted by atomic mass is 9.96. The van der Waals surface area contributed by atoms with E-state index in [0.29, 0.717) is 25.3 Å². The Kier molecular flexibility index (Phi) is 7.43. The van der Waals surface area contributed by atoms with Crippen molar-refractivity contribution < 1.29 is 22.7 Å². The van der Waals surface area contributed by atoms with Crippen molar-refractivity contribution >= 4 is 5.91 Å². The number of carbonyl (C=O) groups is 1. The first kappa shape index (κ1) is 25.5. The molecule has 4 rings (SSSR count). The van der Waals surface area contributed by atoms with Gasteiger partial charge >= 0.3 is 6.18 Å². The van der Waals surface area contributed by atoms with Crippen molar-refractivity contribution in [2.75, 3.05) is 26.2 Å². The van der Waals surface area contributed by atoms with Gasteiger partial charge in [0.05, 0.1) is 12.2 Å². The van der Waals surface area contributed by atoms with Crippen molar-refractivity contribution in [3.63, 3.8) is 0 Å². The second-order valence-electron chi connectivity index (χ2n) is 9.70. The average molecular weight is 490 g/mol. The molecular formula is C27H34F3N3O2. The van der Waals surface area contributed by atoms with Crippen LogP contribution in [-0.2, 0) is 6.18 Å². The molecule has 2 heterocycles. The molecule has 2 saturated heterocycles. The third-order valence-electron chi connectivity index (χ3n) is 7.59. The van der Waals surface area contributed by atoms with Crippen LogP contribution in [-0.4, -0.2) is 54.0 Å². The second kappa shape index (κ2) is 10.2. The monoisotopic (exact) mass is 489 g/mol. The Morgan fingerprint density at radius 3 is 2.37 bits per heavy atom. The number of hydrogen-bond acceptors (Lipinski definition) is 4. The lowest BCUT2D eigenvalue weighted by Crippen LogP contribution is -2.49. The van der Waals surface area contributed by atoms with E-state index in [4.69, 9.17) is 10.5 Å². The number of fused-ring (bicyclic) bond motifs is 2. The lowest BCUT2D eigenvalue weighted by Gasteiger charge is -2.38. The summed E-state index contributed by atoms with van der Waals surface area (Å²) in [5.41, 5.74) is 8.73. The first-order chi connectivity index (χ1) is 16.6. The number of nitrogens with zero attached hydrogens (tertiary/aromatic N) is 2. The van der Waals surface area contributed by atoms with Gasteiger partial charge in [-0.15, -0.1) is 0 Å². The zero-order chi connectivity index (χ0) is 25.3. The average Bonchev–Trinajstić information content (AvgIpc) is 3.44. The Labute approximate surface area is 205 Å². The summed E-state index contributed by atoms with van der Waals surface area (Å²) in [5, 5.41) is 0. The van der Waals surface area contributed by atoms with Crippen LogP contribution in [0.4, 0.5) is 13.2 Å². The Morgan fingerprint density at radius 1 is 1.06 bits per heavy atom. The molecular weight excluding hydrogens is 455 g/mol. The van der Waals surface area contributed by atoms with E-state index in [9.17, 15) is 18.0 Å². The highest BCUT2D eigenvalue weighted by molar-refractivity contribution is 5.94. The van der Waals surface area contributed by atoms with Gasteiger partial charge in [-0.1, -0.05) is 6.07 Å². The first-order valence-corrected chi connectivity index (χ1v) is 12.3. The molecule has 2 aromatic carbocycles. The molecule has 1 unspecified atom stereocenters. The summed E-state index contributed by atoms with van der Waals surface area (Å²) in [5.74, 6) is 0.716. The van der Waals surface area contributed by atoms with Gasteiger partial charge in [-0.2, -0.15) is 13.2 Å². The largest absolute Gasteiger partial charge is 0.493 e. The quantitative estimate of drug-likeness (QED) is 0.524. The molecule has 35 heavy (non-hydrogen) atoms. The predicted molar refractivity (Wildman–Crippen MR) is 129 cm³/mol. The van der Waals surface area contributed by atoms with E-state index in [-0.39, 0.29) is 24.0 Å². The number of likely N-dealkylation sites (tertiary alicyclic amines) is 2. The van der Waals surface area contributed by atoms with E-state index in [0.717, 1.165) is 49.3 Å². The maximum absolute atomic E-state index is 13.0. The molecule has 0 radical (unpaired) electrons. The SMILES string of the molecule is Cc1c(OCCCCN)ccc(C(C)N2C[C@@H]3C[C@@H]2CN3C(=O)c2ccc(C(F)(F)F)cc2)c1C. The maximum atomic E-state index is 13.0. The van der Waals surface area contributed by atoms with Crippen molar-refractivity contribution in [1.29, 1.82) is 0 Å². The molecule has 5 nitrogen and oxygen atoms in total. The van der Waals surface area contributed by atoms with E-state index in [1.165, 1.54) is 23.3 Å². The fourth-order valence-corrected chi connectivity index (χ4v) is 5.42. The first-order valence-electron chi connectivity index (χ1n) is 12.3. The summed E-state index contributed by atoms with van der Waals surface area (Å²) >= 11 is 0. The van der Waals surface area contributed by atoms with Gasteiger partial charge in [0.2, 0.25) is 0 Å². The summed E-state index contributed by atoms with van der Waals surface area (Å²) in [4.78, 5) is 17.3. The Hall–Kier alpha value is -2.58. The molecule has 2 aliphatic rings. The fourth-order valence-electron chi connectivity index (χ4n) is 5.42. The molecule has 1 amide bonds. The highest BCUT2D eigenvalue weighted by Crippen LogP contribution is 2.39. The highest BCUT2D eigenvalue weighted by atomic mass is 19.4. The molecule has 0 aromatic heterocycles. The zero-order valence-corrected chi connectivity index (χ0v) is 20.6. The number of nitrogens with two attached hydrogens (primary N) is 1. The number of alkyl halides is 3. The fraction of sp³-hybridized carbons (Fsp3) is 0.519. The van der Waals surface area contributed by atoms with E-state index < -0.39 is 11.7 Å². The number of benzene rings is 2.